The van der Waals surface area contributed by atoms with Crippen molar-refractivity contribution in [1.29, 1.82) is 0 Å². The lowest BCUT2D eigenvalue weighted by Gasteiger charge is -2.33. The van der Waals surface area contributed by atoms with Gasteiger partial charge in [-0.2, -0.15) is 0 Å². The number of nitrogens with one attached hydrogen (secondary N) is 1. The third kappa shape index (κ3) is 4.51. The van der Waals surface area contributed by atoms with Gasteiger partial charge in [0.05, 0.1) is 24.6 Å². The fraction of sp³-hybridized carbons (Fsp3) is 0.500. The largest absolute Gasteiger partial charge is 0.375 e. The molecule has 1 fully saturated rings. The Morgan fingerprint density at radius 3 is 2.81 bits per heavy atom. The number of aryl methyl sites for hydroxylation is 1. The van der Waals surface area contributed by atoms with Crippen LogP contribution in [0, 0.1) is 0 Å². The van der Waals surface area contributed by atoms with Crippen LogP contribution in [0.15, 0.2) is 29.6 Å². The van der Waals surface area contributed by atoms with Gasteiger partial charge < -0.3 is 14.6 Å². The number of rotatable bonds is 5. The number of aromatic amines is 1. The molecule has 1 N–H and O–H groups in total. The third-order valence-electron chi connectivity index (χ3n) is 4.32. The van der Waals surface area contributed by atoms with Crippen LogP contribution in [0.3, 0.4) is 0 Å². The summed E-state index contributed by atoms with van der Waals surface area (Å²) in [5.41, 5.74) is 1.05. The maximum absolute atomic E-state index is 12.7. The summed E-state index contributed by atoms with van der Waals surface area (Å²) < 4.78 is 5.76. The second-order valence-electron chi connectivity index (χ2n) is 6.67. The molecule has 1 saturated heterocycles. The zero-order valence-electron chi connectivity index (χ0n) is 15.0. The van der Waals surface area contributed by atoms with Gasteiger partial charge in [0, 0.05) is 43.2 Å². The quantitative estimate of drug-likeness (QED) is 0.862. The van der Waals surface area contributed by atoms with Crippen LogP contribution in [0.25, 0.3) is 0 Å². The summed E-state index contributed by atoms with van der Waals surface area (Å²) in [6, 6.07) is 1.49. The molecule has 8 heteroatoms. The lowest BCUT2D eigenvalue weighted by molar-refractivity contribution is -0.0247. The minimum atomic E-state index is -0.166. The number of nitrogens with zero attached hydrogens (tertiary/aromatic N) is 4. The molecule has 1 aliphatic heterocycles. The van der Waals surface area contributed by atoms with Crippen molar-refractivity contribution < 1.29 is 9.53 Å². The third-order valence-corrected chi connectivity index (χ3v) is 4.32. The van der Waals surface area contributed by atoms with Gasteiger partial charge in [-0.05, 0) is 12.8 Å². The summed E-state index contributed by atoms with van der Waals surface area (Å²) in [6.07, 6.45) is 5.83. The minimum Gasteiger partial charge on any atom is -0.375 e. The molecule has 0 aliphatic carbocycles. The molecule has 3 heterocycles. The van der Waals surface area contributed by atoms with Crippen LogP contribution in [-0.4, -0.2) is 56.5 Å². The Morgan fingerprint density at radius 2 is 2.12 bits per heavy atom. The summed E-state index contributed by atoms with van der Waals surface area (Å²) in [5.74, 6) is 0.875. The van der Waals surface area contributed by atoms with E-state index >= 15 is 0 Å². The minimum absolute atomic E-state index is 0.0790. The maximum atomic E-state index is 12.7. The first-order valence-electron chi connectivity index (χ1n) is 8.79. The van der Waals surface area contributed by atoms with Gasteiger partial charge in [-0.25, -0.2) is 15.0 Å². The zero-order chi connectivity index (χ0) is 18.5. The molecule has 2 aromatic heterocycles. The Kier molecular flexibility index (Phi) is 5.72. The van der Waals surface area contributed by atoms with Gasteiger partial charge in [0.25, 0.3) is 11.5 Å². The van der Waals surface area contributed by atoms with Crippen molar-refractivity contribution >= 4 is 5.91 Å². The Hall–Kier alpha value is -2.61. The molecule has 1 atom stereocenters. The first-order chi connectivity index (χ1) is 12.5. The average Bonchev–Trinajstić information content (AvgIpc) is 2.66. The summed E-state index contributed by atoms with van der Waals surface area (Å²) >= 11 is 0. The topological polar surface area (TPSA) is 101 Å². The molecule has 26 heavy (non-hydrogen) atoms. The number of amides is 1. The second kappa shape index (κ2) is 8.18. The molecule has 0 spiro atoms. The number of hydrogen-bond acceptors (Lipinski definition) is 6. The van der Waals surface area contributed by atoms with Crippen molar-refractivity contribution in [3.05, 3.63) is 52.2 Å². The highest BCUT2D eigenvalue weighted by molar-refractivity contribution is 5.93. The molecule has 1 aliphatic rings. The number of ether oxygens (including phenoxy) is 1. The summed E-state index contributed by atoms with van der Waals surface area (Å²) in [6.45, 7) is 5.57. The van der Waals surface area contributed by atoms with Gasteiger partial charge >= 0.3 is 0 Å². The first-order valence-corrected chi connectivity index (χ1v) is 8.79. The van der Waals surface area contributed by atoms with Crippen molar-refractivity contribution in [3.63, 3.8) is 0 Å². The zero-order valence-corrected chi connectivity index (χ0v) is 15.0. The van der Waals surface area contributed by atoms with Crippen molar-refractivity contribution in [2.75, 3.05) is 19.7 Å². The smallest absolute Gasteiger partial charge is 0.257 e. The van der Waals surface area contributed by atoms with E-state index in [0.717, 1.165) is 11.5 Å². The number of morpholine rings is 1. The molecule has 0 bridgehead atoms. The average molecular weight is 357 g/mol. The van der Waals surface area contributed by atoms with Gasteiger partial charge in [0.1, 0.15) is 5.82 Å². The highest BCUT2D eigenvalue weighted by Gasteiger charge is 2.25. The van der Waals surface area contributed by atoms with Gasteiger partial charge in [0.2, 0.25) is 0 Å². The summed E-state index contributed by atoms with van der Waals surface area (Å²) in [7, 11) is 0. The van der Waals surface area contributed by atoms with E-state index < -0.39 is 0 Å². The van der Waals surface area contributed by atoms with Gasteiger partial charge in [0.15, 0.2) is 0 Å². The van der Waals surface area contributed by atoms with Crippen LogP contribution < -0.4 is 5.56 Å². The number of carbonyl (C=O) groups excluding carboxylic acids is 1. The van der Waals surface area contributed by atoms with Gasteiger partial charge in [-0.15, -0.1) is 0 Å². The standard InChI is InChI=1S/C18H23N5O3/c1-12(2)17-19-8-13(9-20-17)18(25)23-5-6-26-15(10-23)4-3-14-7-16(24)22-11-21-14/h7-9,11-12,15H,3-6,10H2,1-2H3,(H,21,22,24)/t15-/m0/s1. The number of H-pyrrole nitrogens is 1. The van der Waals surface area contributed by atoms with Crippen LogP contribution in [-0.2, 0) is 11.2 Å². The number of carbonyl (C=O) groups is 1. The Balaban J connectivity index is 1.58. The summed E-state index contributed by atoms with van der Waals surface area (Å²) in [5, 5.41) is 0. The first kappa shape index (κ1) is 18.2. The molecule has 2 aromatic rings. The van der Waals surface area contributed by atoms with Crippen LogP contribution in [0.5, 0.6) is 0 Å². The van der Waals surface area contributed by atoms with E-state index in [1.165, 1.54) is 12.4 Å². The van der Waals surface area contributed by atoms with Gasteiger partial charge in [-0.3, -0.25) is 9.59 Å². The molecule has 0 unspecified atom stereocenters. The van der Waals surface area contributed by atoms with Crippen LogP contribution in [0.2, 0.25) is 0 Å². The predicted molar refractivity (Wildman–Crippen MR) is 94.9 cm³/mol. The second-order valence-corrected chi connectivity index (χ2v) is 6.67. The van der Waals surface area contributed by atoms with Crippen LogP contribution in [0.4, 0.5) is 0 Å². The highest BCUT2D eigenvalue weighted by atomic mass is 16.5. The molecular formula is C18H23N5O3. The van der Waals surface area contributed by atoms with Crippen LogP contribution in [0.1, 0.15) is 48.1 Å². The highest BCUT2D eigenvalue weighted by Crippen LogP contribution is 2.15. The lowest BCUT2D eigenvalue weighted by atomic mass is 10.1. The maximum Gasteiger partial charge on any atom is 0.257 e. The van der Waals surface area contributed by atoms with Crippen molar-refractivity contribution in [1.82, 2.24) is 24.8 Å². The van der Waals surface area contributed by atoms with Crippen molar-refractivity contribution in [3.8, 4) is 0 Å². The van der Waals surface area contributed by atoms with Crippen molar-refractivity contribution in [2.24, 2.45) is 0 Å². The Labute approximate surface area is 151 Å². The van der Waals surface area contributed by atoms with E-state index in [9.17, 15) is 9.59 Å². The van der Waals surface area contributed by atoms with Gasteiger partial charge in [-0.1, -0.05) is 13.8 Å². The van der Waals surface area contributed by atoms with Crippen LogP contribution >= 0.6 is 0 Å². The predicted octanol–water partition coefficient (Wildman–Crippen LogP) is 1.16. The Morgan fingerprint density at radius 1 is 1.35 bits per heavy atom. The van der Waals surface area contributed by atoms with E-state index in [0.29, 0.717) is 38.1 Å². The SMILES string of the molecule is CC(C)c1ncc(C(=O)N2CCO[C@@H](CCc3cc(=O)[nH]cn3)C2)cn1. The molecule has 8 nitrogen and oxygen atoms in total. The van der Waals surface area contributed by atoms with E-state index in [1.54, 1.807) is 17.3 Å². The van der Waals surface area contributed by atoms with Crippen molar-refractivity contribution in [2.45, 2.75) is 38.7 Å². The monoisotopic (exact) mass is 357 g/mol. The molecule has 0 saturated carbocycles. The molecule has 1 amide bonds. The van der Waals surface area contributed by atoms with E-state index in [4.69, 9.17) is 4.74 Å². The molecule has 0 aromatic carbocycles. The van der Waals surface area contributed by atoms with E-state index in [-0.39, 0.29) is 23.5 Å². The Bertz CT molecular complexity index is 803. The molecular weight excluding hydrogens is 334 g/mol. The molecule has 138 valence electrons. The van der Waals surface area contributed by atoms with E-state index in [1.807, 2.05) is 13.8 Å². The molecule has 0 radical (unpaired) electrons. The fourth-order valence-corrected chi connectivity index (χ4v) is 2.86. The lowest BCUT2D eigenvalue weighted by Crippen LogP contribution is -2.45. The molecule has 3 rings (SSSR count). The normalized spacial score (nSPS) is 17.5. The number of aromatic nitrogens is 4. The summed E-state index contributed by atoms with van der Waals surface area (Å²) in [4.78, 5) is 40.9. The number of hydrogen-bond donors (Lipinski definition) is 1. The van der Waals surface area contributed by atoms with E-state index in [2.05, 4.69) is 19.9 Å². The fourth-order valence-electron chi connectivity index (χ4n) is 2.86.